The van der Waals surface area contributed by atoms with Crippen LogP contribution in [0, 0.1) is 5.41 Å². The van der Waals surface area contributed by atoms with Crippen molar-refractivity contribution in [2.45, 2.75) is 65.0 Å². The zero-order valence-electron chi connectivity index (χ0n) is 13.5. The SMILES string of the molecule is CC(C)(CN1CC(C)(C)[C@@](C)(O)C1)N1CCCCC1. The molecule has 19 heavy (non-hydrogen) atoms. The van der Waals surface area contributed by atoms with Gasteiger partial charge in [0.1, 0.15) is 0 Å². The quantitative estimate of drug-likeness (QED) is 0.851. The van der Waals surface area contributed by atoms with Crippen LogP contribution in [-0.4, -0.2) is 58.8 Å². The third-order valence-electron chi connectivity index (χ3n) is 5.43. The molecule has 0 aliphatic carbocycles. The number of hydrogen-bond donors (Lipinski definition) is 1. The fourth-order valence-electron chi connectivity index (χ4n) is 3.69. The Hall–Kier alpha value is -0.120. The van der Waals surface area contributed by atoms with Crippen molar-refractivity contribution in [2.75, 3.05) is 32.7 Å². The first kappa shape index (κ1) is 15.3. The van der Waals surface area contributed by atoms with E-state index >= 15 is 0 Å². The lowest BCUT2D eigenvalue weighted by Crippen LogP contribution is -2.53. The molecule has 0 aromatic carbocycles. The Balaban J connectivity index is 1.97. The van der Waals surface area contributed by atoms with Crippen molar-refractivity contribution in [3.05, 3.63) is 0 Å². The van der Waals surface area contributed by atoms with E-state index in [0.29, 0.717) is 0 Å². The van der Waals surface area contributed by atoms with Crippen LogP contribution in [-0.2, 0) is 0 Å². The summed E-state index contributed by atoms with van der Waals surface area (Å²) in [6.07, 6.45) is 4.07. The van der Waals surface area contributed by atoms with E-state index < -0.39 is 5.60 Å². The zero-order chi connectivity index (χ0) is 14.3. The predicted molar refractivity (Wildman–Crippen MR) is 80.3 cm³/mol. The minimum atomic E-state index is -0.565. The first-order chi connectivity index (χ1) is 8.64. The van der Waals surface area contributed by atoms with Gasteiger partial charge in [-0.1, -0.05) is 20.3 Å². The van der Waals surface area contributed by atoms with Gasteiger partial charge in [0.25, 0.3) is 0 Å². The maximum atomic E-state index is 10.5. The van der Waals surface area contributed by atoms with Crippen LogP contribution in [0.2, 0.25) is 0 Å². The van der Waals surface area contributed by atoms with Gasteiger partial charge in [-0.3, -0.25) is 9.80 Å². The second-order valence-electron chi connectivity index (χ2n) is 8.16. The first-order valence-electron chi connectivity index (χ1n) is 7.84. The lowest BCUT2D eigenvalue weighted by molar-refractivity contribution is -0.0122. The van der Waals surface area contributed by atoms with E-state index in [1.807, 2.05) is 6.92 Å². The van der Waals surface area contributed by atoms with Crippen molar-refractivity contribution in [3.8, 4) is 0 Å². The number of rotatable bonds is 3. The highest BCUT2D eigenvalue weighted by atomic mass is 16.3. The molecule has 0 unspecified atom stereocenters. The van der Waals surface area contributed by atoms with Crippen molar-refractivity contribution >= 4 is 0 Å². The van der Waals surface area contributed by atoms with E-state index in [0.717, 1.165) is 19.6 Å². The zero-order valence-corrected chi connectivity index (χ0v) is 13.5. The molecule has 1 N–H and O–H groups in total. The van der Waals surface area contributed by atoms with Crippen LogP contribution in [0.3, 0.4) is 0 Å². The molecule has 2 aliphatic heterocycles. The smallest absolute Gasteiger partial charge is 0.0808 e. The highest BCUT2D eigenvalue weighted by Crippen LogP contribution is 2.39. The first-order valence-corrected chi connectivity index (χ1v) is 7.84. The Bertz CT molecular complexity index is 301. The molecule has 3 heteroatoms. The summed E-state index contributed by atoms with van der Waals surface area (Å²) in [6.45, 7) is 16.4. The lowest BCUT2D eigenvalue weighted by Gasteiger charge is -2.43. The Morgan fingerprint density at radius 3 is 2.05 bits per heavy atom. The van der Waals surface area contributed by atoms with Gasteiger partial charge in [-0.05, 0) is 46.7 Å². The highest BCUT2D eigenvalue weighted by Gasteiger charge is 2.48. The molecule has 2 heterocycles. The lowest BCUT2D eigenvalue weighted by atomic mass is 9.79. The van der Waals surface area contributed by atoms with E-state index in [1.54, 1.807) is 0 Å². The van der Waals surface area contributed by atoms with Crippen molar-refractivity contribution in [3.63, 3.8) is 0 Å². The van der Waals surface area contributed by atoms with Gasteiger partial charge in [0.15, 0.2) is 0 Å². The van der Waals surface area contributed by atoms with Crippen LogP contribution < -0.4 is 0 Å². The van der Waals surface area contributed by atoms with Crippen LogP contribution in [0.4, 0.5) is 0 Å². The number of piperidine rings is 1. The van der Waals surface area contributed by atoms with Gasteiger partial charge in [-0.25, -0.2) is 0 Å². The number of β-amino-alcohol motifs (C(OH)–C–C–N with tert-alkyl or cyclic N) is 1. The van der Waals surface area contributed by atoms with Crippen LogP contribution >= 0.6 is 0 Å². The van der Waals surface area contributed by atoms with Gasteiger partial charge in [0, 0.05) is 30.6 Å². The number of nitrogens with zero attached hydrogens (tertiary/aromatic N) is 2. The molecule has 1 atom stereocenters. The minimum absolute atomic E-state index is 0.00895. The molecule has 3 nitrogen and oxygen atoms in total. The molecule has 2 aliphatic rings. The molecule has 0 aromatic rings. The van der Waals surface area contributed by atoms with Crippen LogP contribution in [0.25, 0.3) is 0 Å². The fraction of sp³-hybridized carbons (Fsp3) is 1.00. The molecule has 2 saturated heterocycles. The summed E-state index contributed by atoms with van der Waals surface area (Å²) in [7, 11) is 0. The molecule has 0 aromatic heterocycles. The molecule has 112 valence electrons. The number of aliphatic hydroxyl groups is 1. The number of likely N-dealkylation sites (tertiary alicyclic amines) is 2. The van der Waals surface area contributed by atoms with Crippen molar-refractivity contribution in [1.29, 1.82) is 0 Å². The van der Waals surface area contributed by atoms with Crippen LogP contribution in [0.5, 0.6) is 0 Å². The van der Waals surface area contributed by atoms with Gasteiger partial charge in [-0.15, -0.1) is 0 Å². The average Bonchev–Trinajstić information content (AvgIpc) is 2.47. The average molecular weight is 268 g/mol. The Morgan fingerprint density at radius 2 is 1.58 bits per heavy atom. The van der Waals surface area contributed by atoms with E-state index in [4.69, 9.17) is 0 Å². The van der Waals surface area contributed by atoms with E-state index in [1.165, 1.54) is 32.4 Å². The molecule has 0 spiro atoms. The van der Waals surface area contributed by atoms with Gasteiger partial charge >= 0.3 is 0 Å². The Kier molecular flexibility index (Phi) is 4.03. The van der Waals surface area contributed by atoms with Crippen molar-refractivity contribution in [2.24, 2.45) is 5.41 Å². The summed E-state index contributed by atoms with van der Waals surface area (Å²) in [5.41, 5.74) is -0.354. The van der Waals surface area contributed by atoms with Crippen molar-refractivity contribution in [1.82, 2.24) is 9.80 Å². The summed E-state index contributed by atoms with van der Waals surface area (Å²) in [6, 6.07) is 0. The molecule has 2 rings (SSSR count). The third-order valence-corrected chi connectivity index (χ3v) is 5.43. The molecule has 2 fully saturated rings. The largest absolute Gasteiger partial charge is 0.388 e. The molecule has 0 amide bonds. The van der Waals surface area contributed by atoms with Crippen LogP contribution in [0.1, 0.15) is 53.9 Å². The predicted octanol–water partition coefficient (Wildman–Crippen LogP) is 2.34. The molecule has 0 bridgehead atoms. The molecular formula is C16H32N2O. The summed E-state index contributed by atoms with van der Waals surface area (Å²) < 4.78 is 0. The van der Waals surface area contributed by atoms with E-state index in [9.17, 15) is 5.11 Å². The maximum Gasteiger partial charge on any atom is 0.0808 e. The minimum Gasteiger partial charge on any atom is -0.388 e. The highest BCUT2D eigenvalue weighted by molar-refractivity contribution is 5.02. The molecule has 0 saturated carbocycles. The second kappa shape index (κ2) is 5.01. The summed E-state index contributed by atoms with van der Waals surface area (Å²) in [5.74, 6) is 0. The van der Waals surface area contributed by atoms with Gasteiger partial charge in [0.05, 0.1) is 5.60 Å². The third kappa shape index (κ3) is 3.14. The monoisotopic (exact) mass is 268 g/mol. The fourth-order valence-corrected chi connectivity index (χ4v) is 3.69. The summed E-state index contributed by atoms with van der Waals surface area (Å²) in [5, 5.41) is 10.5. The second-order valence-corrected chi connectivity index (χ2v) is 8.16. The van der Waals surface area contributed by atoms with Crippen molar-refractivity contribution < 1.29 is 5.11 Å². The van der Waals surface area contributed by atoms with Gasteiger partial charge < -0.3 is 5.11 Å². The van der Waals surface area contributed by atoms with Crippen LogP contribution in [0.15, 0.2) is 0 Å². The van der Waals surface area contributed by atoms with Gasteiger partial charge in [-0.2, -0.15) is 0 Å². The number of hydrogen-bond acceptors (Lipinski definition) is 3. The van der Waals surface area contributed by atoms with E-state index in [2.05, 4.69) is 37.5 Å². The Morgan fingerprint density at radius 1 is 1.00 bits per heavy atom. The normalized spacial score (nSPS) is 33.8. The standard InChI is InChI=1S/C16H32N2O/c1-14(2)11-17(13-16(14,5)19)12-15(3,4)18-9-7-6-8-10-18/h19H,6-13H2,1-5H3/t16-/m0/s1. The van der Waals surface area contributed by atoms with Gasteiger partial charge in [0.2, 0.25) is 0 Å². The Labute approximate surface area is 119 Å². The summed E-state index contributed by atoms with van der Waals surface area (Å²) in [4.78, 5) is 5.09. The molecule has 0 radical (unpaired) electrons. The van der Waals surface area contributed by atoms with E-state index in [-0.39, 0.29) is 11.0 Å². The topological polar surface area (TPSA) is 26.7 Å². The maximum absolute atomic E-state index is 10.5. The summed E-state index contributed by atoms with van der Waals surface area (Å²) >= 11 is 0. The molecular weight excluding hydrogens is 236 g/mol.